The summed E-state index contributed by atoms with van der Waals surface area (Å²) in [5.41, 5.74) is 11.8. The van der Waals surface area contributed by atoms with E-state index in [1.165, 1.54) is 11.8 Å². The second kappa shape index (κ2) is 14.0. The number of primary amides is 1. The van der Waals surface area contributed by atoms with Gasteiger partial charge in [-0.05, 0) is 24.0 Å². The van der Waals surface area contributed by atoms with Gasteiger partial charge in [0.05, 0.1) is 12.5 Å². The minimum Gasteiger partial charge on any atom is -0.480 e. The maximum absolute atomic E-state index is 12.9. The molecule has 0 saturated heterocycles. The summed E-state index contributed by atoms with van der Waals surface area (Å²) in [7, 11) is 0. The molecule has 12 heteroatoms. The molecule has 0 saturated carbocycles. The lowest BCUT2D eigenvalue weighted by Gasteiger charge is -2.24. The summed E-state index contributed by atoms with van der Waals surface area (Å²) in [6, 6.07) is 5.55. The number of carboxylic acid groups (broad SMARTS) is 1. The fourth-order valence-corrected chi connectivity index (χ4v) is 3.17. The third-order valence-electron chi connectivity index (χ3n) is 4.34. The SMILES string of the molecule is CSCCC(N)C(=O)NC(Cc1ccccc1)C(=O)NC(CC(N)=O)C(=O)NCC(=O)O. The van der Waals surface area contributed by atoms with Crippen LogP contribution in [0.1, 0.15) is 18.4 Å². The summed E-state index contributed by atoms with van der Waals surface area (Å²) in [4.78, 5) is 59.7. The molecule has 1 aromatic carbocycles. The third kappa shape index (κ3) is 10.3. The van der Waals surface area contributed by atoms with E-state index in [0.29, 0.717) is 12.2 Å². The Bertz CT molecular complexity index is 807. The van der Waals surface area contributed by atoms with E-state index < -0.39 is 60.7 Å². The van der Waals surface area contributed by atoms with Crippen molar-refractivity contribution in [2.75, 3.05) is 18.6 Å². The van der Waals surface area contributed by atoms with Crippen molar-refractivity contribution in [2.24, 2.45) is 11.5 Å². The molecule has 0 bridgehead atoms. The molecule has 0 spiro atoms. The molecule has 0 fully saturated rings. The van der Waals surface area contributed by atoms with Crippen LogP contribution in [-0.4, -0.2) is 71.4 Å². The average molecular weight is 468 g/mol. The Morgan fingerprint density at radius 1 is 1.00 bits per heavy atom. The number of aliphatic carboxylic acids is 1. The number of amides is 4. The van der Waals surface area contributed by atoms with Crippen LogP contribution in [0.3, 0.4) is 0 Å². The summed E-state index contributed by atoms with van der Waals surface area (Å²) in [5, 5.41) is 15.8. The number of carbonyl (C=O) groups excluding carboxylic acids is 4. The van der Waals surface area contributed by atoms with Crippen molar-refractivity contribution in [1.82, 2.24) is 16.0 Å². The van der Waals surface area contributed by atoms with Gasteiger partial charge in [-0.25, -0.2) is 0 Å². The first-order chi connectivity index (χ1) is 15.1. The van der Waals surface area contributed by atoms with Gasteiger partial charge in [-0.15, -0.1) is 0 Å². The minimum atomic E-state index is -1.40. The Balaban J connectivity index is 2.99. The van der Waals surface area contributed by atoms with E-state index in [-0.39, 0.29) is 6.42 Å². The first-order valence-electron chi connectivity index (χ1n) is 9.81. The van der Waals surface area contributed by atoms with Gasteiger partial charge in [-0.1, -0.05) is 30.3 Å². The third-order valence-corrected chi connectivity index (χ3v) is 4.98. The van der Waals surface area contributed by atoms with Crippen molar-refractivity contribution in [2.45, 2.75) is 37.4 Å². The first-order valence-corrected chi connectivity index (χ1v) is 11.2. The van der Waals surface area contributed by atoms with Crippen LogP contribution in [0.5, 0.6) is 0 Å². The number of carboxylic acids is 1. The van der Waals surface area contributed by atoms with Crippen LogP contribution in [0.4, 0.5) is 0 Å². The number of hydrogen-bond acceptors (Lipinski definition) is 7. The molecule has 0 aromatic heterocycles. The molecule has 1 rings (SSSR count). The van der Waals surface area contributed by atoms with Gasteiger partial charge in [-0.3, -0.25) is 24.0 Å². The number of rotatable bonds is 14. The van der Waals surface area contributed by atoms with Crippen LogP contribution in [0.2, 0.25) is 0 Å². The molecule has 1 aromatic rings. The minimum absolute atomic E-state index is 0.105. The van der Waals surface area contributed by atoms with Gasteiger partial charge in [0.1, 0.15) is 18.6 Å². The lowest BCUT2D eigenvalue weighted by atomic mass is 10.0. The van der Waals surface area contributed by atoms with E-state index in [2.05, 4.69) is 16.0 Å². The van der Waals surface area contributed by atoms with Crippen molar-refractivity contribution in [3.8, 4) is 0 Å². The van der Waals surface area contributed by atoms with Gasteiger partial charge in [0.2, 0.25) is 23.6 Å². The van der Waals surface area contributed by atoms with Crippen molar-refractivity contribution in [3.05, 3.63) is 35.9 Å². The molecule has 3 unspecified atom stereocenters. The first kappa shape index (κ1) is 26.9. The van der Waals surface area contributed by atoms with Crippen LogP contribution in [0.15, 0.2) is 30.3 Å². The van der Waals surface area contributed by atoms with Gasteiger partial charge in [0.25, 0.3) is 0 Å². The molecule has 0 aliphatic rings. The quantitative estimate of drug-likeness (QED) is 0.187. The Morgan fingerprint density at radius 2 is 1.62 bits per heavy atom. The zero-order valence-corrected chi connectivity index (χ0v) is 18.5. The number of carbonyl (C=O) groups is 5. The van der Waals surface area contributed by atoms with Crippen LogP contribution in [-0.2, 0) is 30.4 Å². The topological polar surface area (TPSA) is 194 Å². The van der Waals surface area contributed by atoms with E-state index in [0.717, 1.165) is 5.56 Å². The highest BCUT2D eigenvalue weighted by molar-refractivity contribution is 7.98. The van der Waals surface area contributed by atoms with Crippen LogP contribution in [0.25, 0.3) is 0 Å². The second-order valence-electron chi connectivity index (χ2n) is 6.98. The predicted octanol–water partition coefficient (Wildman–Crippen LogP) is -1.64. The lowest BCUT2D eigenvalue weighted by molar-refractivity contribution is -0.138. The van der Waals surface area contributed by atoms with Crippen molar-refractivity contribution >= 4 is 41.4 Å². The normalized spacial score (nSPS) is 13.3. The summed E-state index contributed by atoms with van der Waals surface area (Å²) < 4.78 is 0. The molecular weight excluding hydrogens is 438 g/mol. The van der Waals surface area contributed by atoms with E-state index in [1.54, 1.807) is 30.3 Å². The van der Waals surface area contributed by atoms with Crippen molar-refractivity contribution in [3.63, 3.8) is 0 Å². The second-order valence-corrected chi connectivity index (χ2v) is 7.97. The van der Waals surface area contributed by atoms with Gasteiger partial charge < -0.3 is 32.5 Å². The number of hydrogen-bond donors (Lipinski definition) is 6. The highest BCUT2D eigenvalue weighted by Gasteiger charge is 2.29. The predicted molar refractivity (Wildman–Crippen MR) is 119 cm³/mol. The molecule has 4 amide bonds. The summed E-state index contributed by atoms with van der Waals surface area (Å²) >= 11 is 1.53. The van der Waals surface area contributed by atoms with Gasteiger partial charge in [0, 0.05) is 6.42 Å². The maximum Gasteiger partial charge on any atom is 0.322 e. The highest BCUT2D eigenvalue weighted by atomic mass is 32.2. The standard InChI is InChI=1S/C20H29N5O6S/c1-32-8-7-13(21)18(29)24-14(9-12-5-3-2-4-6-12)20(31)25-15(10-16(22)26)19(30)23-11-17(27)28/h2-6,13-15H,7-11,21H2,1H3,(H2,22,26)(H,23,30)(H,24,29)(H,25,31)(H,27,28). The Morgan fingerprint density at radius 3 is 2.19 bits per heavy atom. The highest BCUT2D eigenvalue weighted by Crippen LogP contribution is 2.06. The molecule has 0 aliphatic carbocycles. The zero-order chi connectivity index (χ0) is 24.1. The van der Waals surface area contributed by atoms with Crippen LogP contribution < -0.4 is 27.4 Å². The monoisotopic (exact) mass is 467 g/mol. The summed E-state index contributed by atoms with van der Waals surface area (Å²) in [5.74, 6) is -3.66. The maximum atomic E-state index is 12.9. The number of nitrogens with two attached hydrogens (primary N) is 2. The summed E-state index contributed by atoms with van der Waals surface area (Å²) in [6.07, 6.45) is 1.85. The molecule has 0 aliphatic heterocycles. The molecule has 3 atom stereocenters. The molecule has 32 heavy (non-hydrogen) atoms. The molecule has 0 radical (unpaired) electrons. The molecule has 11 nitrogen and oxygen atoms in total. The smallest absolute Gasteiger partial charge is 0.322 e. The Kier molecular flexibility index (Phi) is 11.8. The lowest BCUT2D eigenvalue weighted by Crippen LogP contribution is -2.57. The molecule has 8 N–H and O–H groups in total. The Labute approximate surface area is 190 Å². The molecule has 0 heterocycles. The Hall–Kier alpha value is -3.12. The van der Waals surface area contributed by atoms with Gasteiger partial charge in [-0.2, -0.15) is 11.8 Å². The fraction of sp³-hybridized carbons (Fsp3) is 0.450. The number of nitrogens with one attached hydrogen (secondary N) is 3. The zero-order valence-electron chi connectivity index (χ0n) is 17.7. The van der Waals surface area contributed by atoms with E-state index in [4.69, 9.17) is 16.6 Å². The van der Waals surface area contributed by atoms with Crippen molar-refractivity contribution in [1.29, 1.82) is 0 Å². The van der Waals surface area contributed by atoms with E-state index >= 15 is 0 Å². The van der Waals surface area contributed by atoms with Crippen molar-refractivity contribution < 1.29 is 29.1 Å². The van der Waals surface area contributed by atoms with Gasteiger partial charge in [0.15, 0.2) is 0 Å². The largest absolute Gasteiger partial charge is 0.480 e. The molecular formula is C20H29N5O6S. The number of benzene rings is 1. The average Bonchev–Trinajstić information content (AvgIpc) is 2.74. The van der Waals surface area contributed by atoms with E-state index in [9.17, 15) is 24.0 Å². The van der Waals surface area contributed by atoms with Gasteiger partial charge >= 0.3 is 5.97 Å². The number of thioether (sulfide) groups is 1. The van der Waals surface area contributed by atoms with Crippen LogP contribution >= 0.6 is 11.8 Å². The fourth-order valence-electron chi connectivity index (χ4n) is 2.68. The van der Waals surface area contributed by atoms with E-state index in [1.807, 2.05) is 6.26 Å². The molecule has 176 valence electrons. The van der Waals surface area contributed by atoms with Crippen LogP contribution in [0, 0.1) is 0 Å². The summed E-state index contributed by atoms with van der Waals surface area (Å²) in [6.45, 7) is -0.696.